The molecule has 0 N–H and O–H groups in total. The number of amides is 1. The molecule has 1 fully saturated rings. The first kappa shape index (κ1) is 15.7. The van der Waals surface area contributed by atoms with Gasteiger partial charge in [0.1, 0.15) is 11.9 Å². The van der Waals surface area contributed by atoms with Gasteiger partial charge in [-0.1, -0.05) is 42.5 Å². The SMILES string of the molecule is O=C(c1ccc(-c2ccco2)cc1)N1CCOC(c2ccccc2)C1. The number of furan rings is 1. The van der Waals surface area contributed by atoms with E-state index in [0.717, 1.165) is 16.9 Å². The van der Waals surface area contributed by atoms with E-state index in [1.807, 2.05) is 71.6 Å². The summed E-state index contributed by atoms with van der Waals surface area (Å²) in [5.74, 6) is 0.838. The number of nitrogens with zero attached hydrogens (tertiary/aromatic N) is 1. The Morgan fingerprint density at radius 2 is 1.76 bits per heavy atom. The van der Waals surface area contributed by atoms with Crippen LogP contribution < -0.4 is 0 Å². The van der Waals surface area contributed by atoms with Gasteiger partial charge in [0.25, 0.3) is 5.91 Å². The zero-order valence-corrected chi connectivity index (χ0v) is 13.8. The highest BCUT2D eigenvalue weighted by Gasteiger charge is 2.26. The Morgan fingerprint density at radius 3 is 2.48 bits per heavy atom. The first-order valence-corrected chi connectivity index (χ1v) is 8.41. The van der Waals surface area contributed by atoms with Crippen LogP contribution in [0.2, 0.25) is 0 Å². The minimum atomic E-state index is -0.0682. The molecule has 4 nitrogen and oxygen atoms in total. The van der Waals surface area contributed by atoms with Crippen LogP contribution in [0.25, 0.3) is 11.3 Å². The van der Waals surface area contributed by atoms with E-state index in [4.69, 9.17) is 9.15 Å². The minimum absolute atomic E-state index is 0.0372. The van der Waals surface area contributed by atoms with Gasteiger partial charge in [-0.05, 0) is 29.8 Å². The number of hydrogen-bond acceptors (Lipinski definition) is 3. The molecule has 2 heterocycles. The molecule has 0 radical (unpaired) electrons. The van der Waals surface area contributed by atoms with Gasteiger partial charge in [-0.3, -0.25) is 4.79 Å². The van der Waals surface area contributed by atoms with Gasteiger partial charge in [-0.15, -0.1) is 0 Å². The highest BCUT2D eigenvalue weighted by molar-refractivity contribution is 5.94. The van der Waals surface area contributed by atoms with E-state index < -0.39 is 0 Å². The van der Waals surface area contributed by atoms with Crippen molar-refractivity contribution >= 4 is 5.91 Å². The van der Waals surface area contributed by atoms with Crippen LogP contribution in [0.1, 0.15) is 22.0 Å². The summed E-state index contributed by atoms with van der Waals surface area (Å²) in [7, 11) is 0. The summed E-state index contributed by atoms with van der Waals surface area (Å²) >= 11 is 0. The maximum atomic E-state index is 12.8. The van der Waals surface area contributed by atoms with E-state index in [1.165, 1.54) is 0 Å². The van der Waals surface area contributed by atoms with Gasteiger partial charge in [0.15, 0.2) is 0 Å². The van der Waals surface area contributed by atoms with Crippen molar-refractivity contribution < 1.29 is 13.9 Å². The lowest BCUT2D eigenvalue weighted by Crippen LogP contribution is -2.42. The molecule has 4 heteroatoms. The summed E-state index contributed by atoms with van der Waals surface area (Å²) in [5, 5.41) is 0. The number of rotatable bonds is 3. The molecule has 0 saturated carbocycles. The maximum absolute atomic E-state index is 12.8. The number of morpholine rings is 1. The topological polar surface area (TPSA) is 42.7 Å². The van der Waals surface area contributed by atoms with Crippen LogP contribution in [0.5, 0.6) is 0 Å². The molecule has 25 heavy (non-hydrogen) atoms. The Hall–Kier alpha value is -2.85. The number of hydrogen-bond donors (Lipinski definition) is 0. The van der Waals surface area contributed by atoms with Crippen molar-refractivity contribution in [3.63, 3.8) is 0 Å². The summed E-state index contributed by atoms with van der Waals surface area (Å²) < 4.78 is 11.2. The molecule has 1 unspecified atom stereocenters. The smallest absolute Gasteiger partial charge is 0.254 e. The Kier molecular flexibility index (Phi) is 4.36. The molecule has 1 atom stereocenters. The standard InChI is InChI=1S/C21H19NO3/c23-21(18-10-8-17(9-11-18)19-7-4-13-24-19)22-12-14-25-20(15-22)16-5-2-1-3-6-16/h1-11,13,20H,12,14-15H2. The molecule has 0 aliphatic carbocycles. The number of benzene rings is 2. The first-order valence-electron chi connectivity index (χ1n) is 8.41. The quantitative estimate of drug-likeness (QED) is 0.723. The zero-order valence-electron chi connectivity index (χ0n) is 13.8. The lowest BCUT2D eigenvalue weighted by molar-refractivity contribution is -0.0228. The van der Waals surface area contributed by atoms with Crippen molar-refractivity contribution in [2.45, 2.75) is 6.10 Å². The Morgan fingerprint density at radius 1 is 0.960 bits per heavy atom. The van der Waals surface area contributed by atoms with Crippen molar-refractivity contribution in [3.8, 4) is 11.3 Å². The predicted octanol–water partition coefficient (Wildman–Crippen LogP) is 4.16. The van der Waals surface area contributed by atoms with Crippen LogP contribution in [-0.2, 0) is 4.74 Å². The van der Waals surface area contributed by atoms with Crippen LogP contribution in [-0.4, -0.2) is 30.5 Å². The monoisotopic (exact) mass is 333 g/mol. The molecule has 1 aliphatic rings. The van der Waals surface area contributed by atoms with Gasteiger partial charge >= 0.3 is 0 Å². The summed E-state index contributed by atoms with van der Waals surface area (Å²) in [6.07, 6.45) is 1.58. The number of ether oxygens (including phenoxy) is 1. The Bertz CT molecular complexity index is 825. The van der Waals surface area contributed by atoms with Gasteiger partial charge in [-0.2, -0.15) is 0 Å². The summed E-state index contributed by atoms with van der Waals surface area (Å²) in [4.78, 5) is 14.7. The fraction of sp³-hybridized carbons (Fsp3) is 0.190. The van der Waals surface area contributed by atoms with Gasteiger partial charge in [-0.25, -0.2) is 0 Å². The number of carbonyl (C=O) groups excluding carboxylic acids is 1. The molecule has 1 aliphatic heterocycles. The molecule has 1 saturated heterocycles. The van der Waals surface area contributed by atoms with Crippen molar-refractivity contribution in [2.75, 3.05) is 19.7 Å². The van der Waals surface area contributed by atoms with Gasteiger partial charge in [0, 0.05) is 17.7 Å². The van der Waals surface area contributed by atoms with Gasteiger partial charge in [0.2, 0.25) is 0 Å². The second-order valence-electron chi connectivity index (χ2n) is 6.08. The van der Waals surface area contributed by atoms with E-state index >= 15 is 0 Å². The summed E-state index contributed by atoms with van der Waals surface area (Å²) in [5.41, 5.74) is 2.75. The molecule has 0 spiro atoms. The van der Waals surface area contributed by atoms with E-state index in [0.29, 0.717) is 25.3 Å². The van der Waals surface area contributed by atoms with Crippen LogP contribution in [0.15, 0.2) is 77.4 Å². The van der Waals surface area contributed by atoms with Gasteiger partial charge in [0.05, 0.1) is 19.4 Å². The van der Waals surface area contributed by atoms with E-state index in [1.54, 1.807) is 6.26 Å². The summed E-state index contributed by atoms with van der Waals surface area (Å²) in [6.45, 7) is 1.74. The predicted molar refractivity (Wildman–Crippen MR) is 95.2 cm³/mol. The van der Waals surface area contributed by atoms with Crippen LogP contribution in [0.4, 0.5) is 0 Å². The molecule has 1 aromatic heterocycles. The third-order valence-corrected chi connectivity index (χ3v) is 4.46. The van der Waals surface area contributed by atoms with E-state index in [9.17, 15) is 4.79 Å². The highest BCUT2D eigenvalue weighted by Crippen LogP contribution is 2.24. The van der Waals surface area contributed by atoms with Crippen molar-refractivity contribution in [3.05, 3.63) is 84.1 Å². The molecular formula is C21H19NO3. The fourth-order valence-corrected chi connectivity index (χ4v) is 3.11. The van der Waals surface area contributed by atoms with Crippen molar-refractivity contribution in [1.82, 2.24) is 4.90 Å². The summed E-state index contributed by atoms with van der Waals surface area (Å²) in [6, 6.07) is 21.3. The molecule has 0 bridgehead atoms. The van der Waals surface area contributed by atoms with E-state index in [2.05, 4.69) is 0 Å². The van der Waals surface area contributed by atoms with E-state index in [-0.39, 0.29) is 12.0 Å². The van der Waals surface area contributed by atoms with Crippen molar-refractivity contribution in [2.24, 2.45) is 0 Å². The molecule has 3 aromatic rings. The van der Waals surface area contributed by atoms with Gasteiger partial charge < -0.3 is 14.1 Å². The Labute approximate surface area is 146 Å². The fourth-order valence-electron chi connectivity index (χ4n) is 3.11. The molecule has 126 valence electrons. The minimum Gasteiger partial charge on any atom is -0.464 e. The normalized spacial score (nSPS) is 17.4. The largest absolute Gasteiger partial charge is 0.464 e. The zero-order chi connectivity index (χ0) is 17.1. The second kappa shape index (κ2) is 6.95. The molecule has 4 rings (SSSR count). The average molecular weight is 333 g/mol. The van der Waals surface area contributed by atoms with Crippen LogP contribution in [0, 0.1) is 0 Å². The highest BCUT2D eigenvalue weighted by atomic mass is 16.5. The lowest BCUT2D eigenvalue weighted by atomic mass is 10.1. The third kappa shape index (κ3) is 3.35. The average Bonchev–Trinajstić information content (AvgIpc) is 3.23. The lowest BCUT2D eigenvalue weighted by Gasteiger charge is -2.33. The third-order valence-electron chi connectivity index (χ3n) is 4.46. The maximum Gasteiger partial charge on any atom is 0.254 e. The van der Waals surface area contributed by atoms with Crippen LogP contribution in [0.3, 0.4) is 0 Å². The molecular weight excluding hydrogens is 314 g/mol. The first-order chi connectivity index (χ1) is 12.3. The molecule has 2 aromatic carbocycles. The molecule has 1 amide bonds. The van der Waals surface area contributed by atoms with Crippen molar-refractivity contribution in [1.29, 1.82) is 0 Å². The number of carbonyl (C=O) groups is 1. The van der Waals surface area contributed by atoms with Crippen LogP contribution >= 0.6 is 0 Å². The second-order valence-corrected chi connectivity index (χ2v) is 6.08. The Balaban J connectivity index is 1.48.